The van der Waals surface area contributed by atoms with E-state index in [9.17, 15) is 20.0 Å². The van der Waals surface area contributed by atoms with E-state index in [0.29, 0.717) is 24.0 Å². The zero-order chi connectivity index (χ0) is 15.6. The topological polar surface area (TPSA) is 83.7 Å². The number of rotatable bonds is 4. The van der Waals surface area contributed by atoms with Crippen LogP contribution in [-0.2, 0) is 0 Å². The number of hydrogen-bond acceptors (Lipinski definition) is 4. The van der Waals surface area contributed by atoms with Gasteiger partial charge in [0, 0.05) is 30.8 Å². The van der Waals surface area contributed by atoms with E-state index in [4.69, 9.17) is 0 Å². The molecule has 0 bridgehead atoms. The minimum Gasteiger partial charge on any atom is -0.388 e. The van der Waals surface area contributed by atoms with Gasteiger partial charge in [0.15, 0.2) is 0 Å². The second kappa shape index (κ2) is 5.81. The molecule has 0 atom stereocenters. The first-order chi connectivity index (χ1) is 9.84. The van der Waals surface area contributed by atoms with E-state index in [1.807, 2.05) is 0 Å². The molecular formula is C15H20N2O4. The molecule has 0 heterocycles. The van der Waals surface area contributed by atoms with E-state index in [0.717, 1.165) is 12.8 Å². The average Bonchev–Trinajstić information content (AvgIpc) is 2.84. The van der Waals surface area contributed by atoms with Crippen LogP contribution in [0.3, 0.4) is 0 Å². The fourth-order valence-corrected chi connectivity index (χ4v) is 2.96. The number of nitro groups is 1. The molecule has 1 aliphatic rings. The van der Waals surface area contributed by atoms with Gasteiger partial charge in [-0.3, -0.25) is 14.9 Å². The molecule has 2 rings (SSSR count). The van der Waals surface area contributed by atoms with E-state index in [2.05, 4.69) is 0 Å². The highest BCUT2D eigenvalue weighted by Gasteiger charge is 2.34. The van der Waals surface area contributed by atoms with Gasteiger partial charge in [-0.2, -0.15) is 0 Å². The lowest BCUT2D eigenvalue weighted by atomic mass is 10.0. The Kier molecular flexibility index (Phi) is 4.27. The molecule has 0 aliphatic heterocycles. The Morgan fingerprint density at radius 1 is 1.43 bits per heavy atom. The van der Waals surface area contributed by atoms with Crippen LogP contribution in [0.15, 0.2) is 18.2 Å². The smallest absolute Gasteiger partial charge is 0.273 e. The van der Waals surface area contributed by atoms with Crippen molar-refractivity contribution >= 4 is 11.6 Å². The van der Waals surface area contributed by atoms with Gasteiger partial charge < -0.3 is 10.0 Å². The van der Waals surface area contributed by atoms with Crippen molar-refractivity contribution in [1.29, 1.82) is 0 Å². The summed E-state index contributed by atoms with van der Waals surface area (Å²) in [6.45, 7) is 1.83. The molecule has 114 valence electrons. The number of hydrogen-bond donors (Lipinski definition) is 1. The van der Waals surface area contributed by atoms with Gasteiger partial charge in [-0.25, -0.2) is 0 Å². The van der Waals surface area contributed by atoms with Crippen molar-refractivity contribution in [3.63, 3.8) is 0 Å². The van der Waals surface area contributed by atoms with Gasteiger partial charge in [-0.15, -0.1) is 0 Å². The summed E-state index contributed by atoms with van der Waals surface area (Å²) < 4.78 is 0. The summed E-state index contributed by atoms with van der Waals surface area (Å²) in [5, 5.41) is 21.3. The van der Waals surface area contributed by atoms with Crippen LogP contribution >= 0.6 is 0 Å². The van der Waals surface area contributed by atoms with Crippen LogP contribution in [0.5, 0.6) is 0 Å². The summed E-state index contributed by atoms with van der Waals surface area (Å²) >= 11 is 0. The molecule has 1 aliphatic carbocycles. The van der Waals surface area contributed by atoms with Crippen LogP contribution in [0.1, 0.15) is 41.6 Å². The van der Waals surface area contributed by atoms with Crippen LogP contribution in [0.25, 0.3) is 0 Å². The van der Waals surface area contributed by atoms with Gasteiger partial charge >= 0.3 is 0 Å². The highest BCUT2D eigenvalue weighted by atomic mass is 16.6. The number of aliphatic hydroxyl groups is 1. The third kappa shape index (κ3) is 3.21. The maximum Gasteiger partial charge on any atom is 0.273 e. The summed E-state index contributed by atoms with van der Waals surface area (Å²) in [4.78, 5) is 24.4. The Hall–Kier alpha value is -1.95. The van der Waals surface area contributed by atoms with Gasteiger partial charge in [0.25, 0.3) is 11.6 Å². The lowest BCUT2D eigenvalue weighted by molar-refractivity contribution is -0.385. The second-order valence-electron chi connectivity index (χ2n) is 5.80. The Labute approximate surface area is 123 Å². The number of likely N-dealkylation sites (N-methyl/N-ethyl adjacent to an activating group) is 1. The first-order valence-electron chi connectivity index (χ1n) is 7.06. The van der Waals surface area contributed by atoms with E-state index >= 15 is 0 Å². The van der Waals surface area contributed by atoms with Gasteiger partial charge in [0.2, 0.25) is 0 Å². The Morgan fingerprint density at radius 3 is 2.62 bits per heavy atom. The zero-order valence-electron chi connectivity index (χ0n) is 12.3. The molecule has 0 radical (unpaired) electrons. The molecule has 1 aromatic carbocycles. The van der Waals surface area contributed by atoms with Crippen molar-refractivity contribution < 1.29 is 14.8 Å². The Balaban J connectivity index is 2.19. The molecule has 1 fully saturated rings. The summed E-state index contributed by atoms with van der Waals surface area (Å²) in [6, 6.07) is 4.48. The monoisotopic (exact) mass is 292 g/mol. The summed E-state index contributed by atoms with van der Waals surface area (Å²) in [5.74, 6) is -0.295. The molecule has 0 spiro atoms. The number of amides is 1. The van der Waals surface area contributed by atoms with Crippen molar-refractivity contribution in [2.75, 3.05) is 13.6 Å². The first kappa shape index (κ1) is 15.4. The van der Waals surface area contributed by atoms with E-state index in [1.165, 1.54) is 17.0 Å². The lowest BCUT2D eigenvalue weighted by Crippen LogP contribution is -2.42. The minimum atomic E-state index is -0.820. The van der Waals surface area contributed by atoms with Crippen molar-refractivity contribution in [3.8, 4) is 0 Å². The van der Waals surface area contributed by atoms with Crippen LogP contribution in [0.2, 0.25) is 0 Å². The van der Waals surface area contributed by atoms with Crippen molar-refractivity contribution in [2.24, 2.45) is 0 Å². The van der Waals surface area contributed by atoms with Crippen molar-refractivity contribution in [3.05, 3.63) is 39.4 Å². The predicted molar refractivity (Wildman–Crippen MR) is 78.2 cm³/mol. The molecular weight excluding hydrogens is 272 g/mol. The summed E-state index contributed by atoms with van der Waals surface area (Å²) in [5.41, 5.74) is -0.209. The Bertz CT molecular complexity index is 565. The fourth-order valence-electron chi connectivity index (χ4n) is 2.96. The highest BCUT2D eigenvalue weighted by molar-refractivity contribution is 5.96. The van der Waals surface area contributed by atoms with E-state index in [1.54, 1.807) is 20.0 Å². The molecule has 0 saturated heterocycles. The summed E-state index contributed by atoms with van der Waals surface area (Å²) in [6.07, 6.45) is 3.32. The van der Waals surface area contributed by atoms with Gasteiger partial charge in [-0.05, 0) is 25.8 Å². The zero-order valence-corrected chi connectivity index (χ0v) is 12.3. The van der Waals surface area contributed by atoms with Crippen LogP contribution < -0.4 is 0 Å². The number of benzene rings is 1. The summed E-state index contributed by atoms with van der Waals surface area (Å²) in [7, 11) is 1.62. The molecule has 1 N–H and O–H groups in total. The largest absolute Gasteiger partial charge is 0.388 e. The lowest BCUT2D eigenvalue weighted by Gasteiger charge is -2.29. The molecule has 6 heteroatoms. The Morgan fingerprint density at radius 2 is 2.05 bits per heavy atom. The van der Waals surface area contributed by atoms with Crippen LogP contribution in [0, 0.1) is 17.0 Å². The molecule has 1 aromatic rings. The standard InChI is InChI=1S/C15H20N2O4/c1-11-12(6-5-7-13(11)17(20)21)14(18)16(2)10-15(19)8-3-4-9-15/h5-7,19H,3-4,8-10H2,1-2H3. The number of nitrogens with zero attached hydrogens (tertiary/aromatic N) is 2. The van der Waals surface area contributed by atoms with Crippen LogP contribution in [-0.4, -0.2) is 40.0 Å². The SMILES string of the molecule is Cc1c(C(=O)N(C)CC2(O)CCCC2)cccc1[N+](=O)[O-]. The normalized spacial score (nSPS) is 16.7. The van der Waals surface area contributed by atoms with Crippen LogP contribution in [0.4, 0.5) is 5.69 Å². The van der Waals surface area contributed by atoms with E-state index < -0.39 is 10.5 Å². The first-order valence-corrected chi connectivity index (χ1v) is 7.06. The van der Waals surface area contributed by atoms with Crippen molar-refractivity contribution in [2.45, 2.75) is 38.2 Å². The number of carbonyl (C=O) groups excluding carboxylic acids is 1. The number of carbonyl (C=O) groups is 1. The predicted octanol–water partition coefficient (Wildman–Crippen LogP) is 2.28. The van der Waals surface area contributed by atoms with E-state index in [-0.39, 0.29) is 18.1 Å². The molecule has 0 unspecified atom stereocenters. The molecule has 1 saturated carbocycles. The van der Waals surface area contributed by atoms with Gasteiger partial charge in [0.1, 0.15) is 0 Å². The highest BCUT2D eigenvalue weighted by Crippen LogP contribution is 2.30. The fraction of sp³-hybridized carbons (Fsp3) is 0.533. The number of nitro benzene ring substituents is 1. The third-order valence-electron chi connectivity index (χ3n) is 4.14. The second-order valence-corrected chi connectivity index (χ2v) is 5.80. The minimum absolute atomic E-state index is 0.0613. The maximum absolute atomic E-state index is 12.5. The average molecular weight is 292 g/mol. The third-order valence-corrected chi connectivity index (χ3v) is 4.14. The molecule has 1 amide bonds. The maximum atomic E-state index is 12.5. The van der Waals surface area contributed by atoms with Gasteiger partial charge in [-0.1, -0.05) is 18.9 Å². The van der Waals surface area contributed by atoms with Crippen molar-refractivity contribution in [1.82, 2.24) is 4.90 Å². The quantitative estimate of drug-likeness (QED) is 0.681. The molecule has 21 heavy (non-hydrogen) atoms. The molecule has 0 aromatic heterocycles. The molecule has 6 nitrogen and oxygen atoms in total. The van der Waals surface area contributed by atoms with Gasteiger partial charge in [0.05, 0.1) is 10.5 Å².